The fourth-order valence-corrected chi connectivity index (χ4v) is 3.53. The van der Waals surface area contributed by atoms with Crippen LogP contribution in [0, 0.1) is 13.8 Å². The van der Waals surface area contributed by atoms with Crippen molar-refractivity contribution >= 4 is 0 Å². The van der Waals surface area contributed by atoms with Crippen molar-refractivity contribution in [2.45, 2.75) is 32.7 Å². The SMILES string of the molecule is Cc1nc([C@@H]2CCN(Cc3cc4c(cc3C)OCO4)C2)cc(=O)[nH]1. The minimum Gasteiger partial charge on any atom is -0.454 e. The molecule has 1 N–H and O–H groups in total. The molecule has 0 spiro atoms. The van der Waals surface area contributed by atoms with Crippen molar-refractivity contribution in [1.29, 1.82) is 0 Å². The second-order valence-electron chi connectivity index (χ2n) is 6.61. The highest BCUT2D eigenvalue weighted by Crippen LogP contribution is 2.35. The number of fused-ring (bicyclic) bond motifs is 1. The maximum atomic E-state index is 11.7. The lowest BCUT2D eigenvalue weighted by Crippen LogP contribution is -2.21. The van der Waals surface area contributed by atoms with Gasteiger partial charge < -0.3 is 14.5 Å². The smallest absolute Gasteiger partial charge is 0.251 e. The highest BCUT2D eigenvalue weighted by molar-refractivity contribution is 5.48. The second-order valence-corrected chi connectivity index (χ2v) is 6.61. The molecule has 0 bridgehead atoms. The Morgan fingerprint density at radius 1 is 1.25 bits per heavy atom. The summed E-state index contributed by atoms with van der Waals surface area (Å²) in [6.45, 7) is 7.04. The molecule has 1 saturated heterocycles. The van der Waals surface area contributed by atoms with Crippen LogP contribution in [0.1, 0.15) is 35.0 Å². The molecule has 1 aromatic carbocycles. The summed E-state index contributed by atoms with van der Waals surface area (Å²) < 4.78 is 10.9. The quantitative estimate of drug-likeness (QED) is 0.935. The van der Waals surface area contributed by atoms with Crippen molar-refractivity contribution in [3.05, 3.63) is 51.2 Å². The van der Waals surface area contributed by atoms with E-state index in [-0.39, 0.29) is 5.56 Å². The molecule has 0 unspecified atom stereocenters. The van der Waals surface area contributed by atoms with Gasteiger partial charge in [0.15, 0.2) is 11.5 Å². The number of likely N-dealkylation sites (tertiary alicyclic amines) is 1. The molecule has 0 amide bonds. The van der Waals surface area contributed by atoms with Crippen LogP contribution in [-0.4, -0.2) is 34.8 Å². The van der Waals surface area contributed by atoms with Crippen LogP contribution in [0.15, 0.2) is 23.0 Å². The molecular formula is C18H21N3O3. The van der Waals surface area contributed by atoms with Crippen molar-refractivity contribution in [2.75, 3.05) is 19.9 Å². The van der Waals surface area contributed by atoms with Gasteiger partial charge in [0.1, 0.15) is 5.82 Å². The number of hydrogen-bond donors (Lipinski definition) is 1. The summed E-state index contributed by atoms with van der Waals surface area (Å²) in [7, 11) is 0. The lowest BCUT2D eigenvalue weighted by molar-refractivity contribution is 0.174. The molecular weight excluding hydrogens is 306 g/mol. The predicted octanol–water partition coefficient (Wildman–Crippen LogP) is 2.10. The zero-order valence-electron chi connectivity index (χ0n) is 14.0. The first kappa shape index (κ1) is 15.2. The highest BCUT2D eigenvalue weighted by Gasteiger charge is 2.26. The van der Waals surface area contributed by atoms with E-state index < -0.39 is 0 Å². The van der Waals surface area contributed by atoms with Crippen molar-refractivity contribution in [1.82, 2.24) is 14.9 Å². The van der Waals surface area contributed by atoms with Crippen LogP contribution in [0.2, 0.25) is 0 Å². The normalized spacial score (nSPS) is 19.8. The van der Waals surface area contributed by atoms with E-state index >= 15 is 0 Å². The number of aromatic amines is 1. The molecule has 3 heterocycles. The number of nitrogens with one attached hydrogen (secondary N) is 1. The number of benzene rings is 1. The highest BCUT2D eigenvalue weighted by atomic mass is 16.7. The Labute approximate surface area is 140 Å². The summed E-state index contributed by atoms with van der Waals surface area (Å²) in [4.78, 5) is 21.3. The fraction of sp³-hybridized carbons (Fsp3) is 0.444. The zero-order valence-corrected chi connectivity index (χ0v) is 14.0. The number of ether oxygens (including phenoxy) is 2. The van der Waals surface area contributed by atoms with Gasteiger partial charge in [-0.15, -0.1) is 0 Å². The van der Waals surface area contributed by atoms with Crippen LogP contribution in [0.4, 0.5) is 0 Å². The largest absolute Gasteiger partial charge is 0.454 e. The van der Waals surface area contributed by atoms with Gasteiger partial charge in [0.2, 0.25) is 6.79 Å². The summed E-state index contributed by atoms with van der Waals surface area (Å²) in [5.74, 6) is 2.67. The first-order valence-electron chi connectivity index (χ1n) is 8.28. The van der Waals surface area contributed by atoms with Crippen LogP contribution < -0.4 is 15.0 Å². The lowest BCUT2D eigenvalue weighted by atomic mass is 10.0. The van der Waals surface area contributed by atoms with Crippen molar-refractivity contribution in [2.24, 2.45) is 0 Å². The molecule has 126 valence electrons. The standard InChI is InChI=1S/C18H21N3O3/c1-11-5-16-17(24-10-23-16)6-14(11)9-21-4-3-13(8-21)15-7-18(22)20-12(2)19-15/h5-7,13H,3-4,8-10H2,1-2H3,(H,19,20,22)/t13-/m1/s1. The summed E-state index contributed by atoms with van der Waals surface area (Å²) in [6.07, 6.45) is 1.03. The predicted molar refractivity (Wildman–Crippen MR) is 89.5 cm³/mol. The van der Waals surface area contributed by atoms with Gasteiger partial charge >= 0.3 is 0 Å². The number of aromatic nitrogens is 2. The average Bonchev–Trinajstić information content (AvgIpc) is 3.16. The van der Waals surface area contributed by atoms with Crippen LogP contribution >= 0.6 is 0 Å². The minimum atomic E-state index is -0.0671. The molecule has 4 rings (SSSR count). The third-order valence-corrected chi connectivity index (χ3v) is 4.80. The van der Waals surface area contributed by atoms with Crippen molar-refractivity contribution in [3.8, 4) is 11.5 Å². The molecule has 0 saturated carbocycles. The van der Waals surface area contributed by atoms with Gasteiger partial charge in [-0.25, -0.2) is 4.98 Å². The minimum absolute atomic E-state index is 0.0671. The Morgan fingerprint density at radius 3 is 2.83 bits per heavy atom. The van der Waals surface area contributed by atoms with E-state index in [9.17, 15) is 4.79 Å². The van der Waals surface area contributed by atoms with E-state index in [0.29, 0.717) is 18.5 Å². The Bertz CT molecular complexity index is 831. The van der Waals surface area contributed by atoms with E-state index in [1.807, 2.05) is 13.0 Å². The Hall–Kier alpha value is -2.34. The maximum absolute atomic E-state index is 11.7. The number of nitrogens with zero attached hydrogens (tertiary/aromatic N) is 2. The average molecular weight is 327 g/mol. The van der Waals surface area contributed by atoms with E-state index in [1.165, 1.54) is 11.1 Å². The van der Waals surface area contributed by atoms with E-state index in [1.54, 1.807) is 6.07 Å². The fourth-order valence-electron chi connectivity index (χ4n) is 3.53. The summed E-state index contributed by atoms with van der Waals surface area (Å²) >= 11 is 0. The van der Waals surface area contributed by atoms with E-state index in [4.69, 9.17) is 9.47 Å². The van der Waals surface area contributed by atoms with E-state index in [0.717, 1.165) is 43.2 Å². The number of H-pyrrole nitrogens is 1. The molecule has 6 nitrogen and oxygen atoms in total. The second kappa shape index (κ2) is 5.94. The van der Waals surface area contributed by atoms with Crippen LogP contribution in [0.5, 0.6) is 11.5 Å². The molecule has 2 aromatic rings. The molecule has 6 heteroatoms. The molecule has 24 heavy (non-hydrogen) atoms. The maximum Gasteiger partial charge on any atom is 0.251 e. The van der Waals surface area contributed by atoms with Crippen molar-refractivity contribution in [3.63, 3.8) is 0 Å². The van der Waals surface area contributed by atoms with Gasteiger partial charge in [-0.05, 0) is 50.1 Å². The molecule has 2 aliphatic rings. The van der Waals surface area contributed by atoms with Gasteiger partial charge in [0.05, 0.1) is 5.69 Å². The third kappa shape index (κ3) is 2.89. The topological polar surface area (TPSA) is 67.5 Å². The Kier molecular flexibility index (Phi) is 3.76. The van der Waals surface area contributed by atoms with E-state index in [2.05, 4.69) is 27.9 Å². The number of aryl methyl sites for hydroxylation is 2. The van der Waals surface area contributed by atoms with Gasteiger partial charge in [-0.2, -0.15) is 0 Å². The molecule has 2 aliphatic heterocycles. The number of rotatable bonds is 3. The molecule has 1 fully saturated rings. The Morgan fingerprint density at radius 2 is 2.04 bits per heavy atom. The third-order valence-electron chi connectivity index (χ3n) is 4.80. The van der Waals surface area contributed by atoms with Crippen LogP contribution in [0.3, 0.4) is 0 Å². The number of hydrogen-bond acceptors (Lipinski definition) is 5. The molecule has 0 radical (unpaired) electrons. The summed E-state index contributed by atoms with van der Waals surface area (Å²) in [6, 6.07) is 5.76. The molecule has 0 aliphatic carbocycles. The van der Waals surface area contributed by atoms with Gasteiger partial charge in [0.25, 0.3) is 5.56 Å². The summed E-state index contributed by atoms with van der Waals surface area (Å²) in [5, 5.41) is 0. The van der Waals surface area contributed by atoms with Gasteiger partial charge in [-0.1, -0.05) is 0 Å². The van der Waals surface area contributed by atoms with Crippen molar-refractivity contribution < 1.29 is 9.47 Å². The monoisotopic (exact) mass is 327 g/mol. The first-order valence-corrected chi connectivity index (χ1v) is 8.28. The first-order chi connectivity index (χ1) is 11.6. The molecule has 1 atom stereocenters. The Balaban J connectivity index is 1.49. The molecule has 1 aromatic heterocycles. The summed E-state index contributed by atoms with van der Waals surface area (Å²) in [5.41, 5.74) is 3.31. The lowest BCUT2D eigenvalue weighted by Gasteiger charge is -2.18. The van der Waals surface area contributed by atoms with Crippen LogP contribution in [0.25, 0.3) is 0 Å². The van der Waals surface area contributed by atoms with Crippen LogP contribution in [-0.2, 0) is 6.54 Å². The zero-order chi connectivity index (χ0) is 16.7. The van der Waals surface area contributed by atoms with Gasteiger partial charge in [0, 0.05) is 25.1 Å². The van der Waals surface area contributed by atoms with Gasteiger partial charge in [-0.3, -0.25) is 9.69 Å².